The molecule has 5 heteroatoms. The van der Waals surface area contributed by atoms with Gasteiger partial charge in [0.1, 0.15) is 6.10 Å². The highest BCUT2D eigenvalue weighted by molar-refractivity contribution is 6.07. The summed E-state index contributed by atoms with van der Waals surface area (Å²) >= 11 is 0. The lowest BCUT2D eigenvalue weighted by molar-refractivity contribution is -0.384. The third-order valence-electron chi connectivity index (χ3n) is 5.07. The summed E-state index contributed by atoms with van der Waals surface area (Å²) in [5.74, 6) is -0.0195. The molecule has 1 spiro atoms. The van der Waals surface area contributed by atoms with Crippen molar-refractivity contribution in [3.8, 4) is 0 Å². The highest BCUT2D eigenvalue weighted by atomic mass is 16.6. The van der Waals surface area contributed by atoms with Crippen molar-refractivity contribution in [3.63, 3.8) is 0 Å². The van der Waals surface area contributed by atoms with Crippen LogP contribution in [0.5, 0.6) is 0 Å². The zero-order valence-corrected chi connectivity index (χ0v) is 13.5. The maximum absolute atomic E-state index is 13.0. The zero-order valence-electron chi connectivity index (χ0n) is 13.5. The van der Waals surface area contributed by atoms with Crippen LogP contribution in [-0.2, 0) is 10.2 Å². The van der Waals surface area contributed by atoms with Crippen molar-refractivity contribution in [2.75, 3.05) is 0 Å². The van der Waals surface area contributed by atoms with Gasteiger partial charge in [-0.05, 0) is 23.0 Å². The van der Waals surface area contributed by atoms with Gasteiger partial charge in [-0.3, -0.25) is 14.9 Å². The van der Waals surface area contributed by atoms with E-state index in [1.165, 1.54) is 12.1 Å². The maximum atomic E-state index is 13.0. The Hall–Kier alpha value is -2.53. The van der Waals surface area contributed by atoms with Crippen LogP contribution in [0.2, 0.25) is 0 Å². The van der Waals surface area contributed by atoms with Crippen molar-refractivity contribution < 1.29 is 14.5 Å². The van der Waals surface area contributed by atoms with Gasteiger partial charge in [0.25, 0.3) is 5.69 Å². The van der Waals surface area contributed by atoms with E-state index in [0.717, 1.165) is 5.56 Å². The van der Waals surface area contributed by atoms with E-state index in [-0.39, 0.29) is 16.9 Å². The largest absolute Gasteiger partial charge is 0.352 e. The Balaban J connectivity index is 1.75. The fourth-order valence-corrected chi connectivity index (χ4v) is 3.95. The molecule has 1 aliphatic carbocycles. The summed E-state index contributed by atoms with van der Waals surface area (Å²) in [6.45, 7) is 4.21. The number of non-ortho nitro benzene ring substituents is 1. The number of ketones is 1. The van der Waals surface area contributed by atoms with Gasteiger partial charge in [0, 0.05) is 17.7 Å². The quantitative estimate of drug-likeness (QED) is 0.476. The summed E-state index contributed by atoms with van der Waals surface area (Å²) in [7, 11) is 0. The Bertz CT molecular complexity index is 873. The number of fused-ring (bicyclic) bond motifs is 1. The van der Waals surface area contributed by atoms with Crippen LogP contribution in [-0.4, -0.2) is 16.3 Å². The molecular formula is C19H17NO4. The van der Waals surface area contributed by atoms with E-state index < -0.39 is 16.6 Å². The molecule has 5 nitrogen and oxygen atoms in total. The number of rotatable bonds is 2. The number of nitro benzene ring substituents is 1. The molecule has 1 heterocycles. The summed E-state index contributed by atoms with van der Waals surface area (Å²) in [5.41, 5.74) is 1.34. The number of hydrogen-bond donors (Lipinski definition) is 0. The minimum atomic E-state index is -0.896. The number of carbonyl (C=O) groups excluding carboxylic acids is 1. The molecule has 2 aromatic rings. The smallest absolute Gasteiger partial charge is 0.269 e. The van der Waals surface area contributed by atoms with Crippen LogP contribution in [0.4, 0.5) is 5.69 Å². The molecule has 122 valence electrons. The van der Waals surface area contributed by atoms with E-state index in [9.17, 15) is 14.9 Å². The van der Waals surface area contributed by atoms with Crippen molar-refractivity contribution in [3.05, 3.63) is 75.3 Å². The molecule has 2 aliphatic rings. The lowest BCUT2D eigenvalue weighted by Crippen LogP contribution is -2.40. The van der Waals surface area contributed by atoms with E-state index in [2.05, 4.69) is 13.8 Å². The van der Waals surface area contributed by atoms with Gasteiger partial charge >= 0.3 is 0 Å². The van der Waals surface area contributed by atoms with Crippen molar-refractivity contribution in [2.45, 2.75) is 37.4 Å². The molecule has 4 rings (SSSR count). The standard InChI is InChI=1S/C19H17NO4/c1-18(2)11-19(16(21)14-8-3-4-9-15(14)18)17(24-19)12-6-5-7-13(10-12)20(22)23/h3-10,17H,11H2,1-2H3/t17-,19+/m0/s1. The molecule has 24 heavy (non-hydrogen) atoms. The molecule has 0 aromatic heterocycles. The van der Waals surface area contributed by atoms with Crippen LogP contribution < -0.4 is 0 Å². The monoisotopic (exact) mass is 323 g/mol. The van der Waals surface area contributed by atoms with Crippen LogP contribution in [0.15, 0.2) is 48.5 Å². The second-order valence-electron chi connectivity index (χ2n) is 7.17. The average molecular weight is 323 g/mol. The van der Waals surface area contributed by atoms with Crippen LogP contribution in [0.1, 0.15) is 47.9 Å². The average Bonchev–Trinajstić information content (AvgIpc) is 3.27. The highest BCUT2D eigenvalue weighted by Gasteiger charge is 2.67. The van der Waals surface area contributed by atoms with Gasteiger partial charge in [0.15, 0.2) is 11.4 Å². The number of benzene rings is 2. The van der Waals surface area contributed by atoms with Crippen LogP contribution in [0, 0.1) is 10.1 Å². The fraction of sp³-hybridized carbons (Fsp3) is 0.316. The minimum absolute atomic E-state index is 0.0149. The lowest BCUT2D eigenvalue weighted by atomic mass is 9.66. The van der Waals surface area contributed by atoms with Crippen molar-refractivity contribution in [2.24, 2.45) is 0 Å². The Labute approximate surface area is 139 Å². The number of carbonyl (C=O) groups is 1. The van der Waals surface area contributed by atoms with Gasteiger partial charge in [-0.15, -0.1) is 0 Å². The molecule has 0 unspecified atom stereocenters. The second kappa shape index (κ2) is 4.74. The van der Waals surface area contributed by atoms with Crippen molar-refractivity contribution in [1.82, 2.24) is 0 Å². The minimum Gasteiger partial charge on any atom is -0.352 e. The fourth-order valence-electron chi connectivity index (χ4n) is 3.95. The molecule has 1 aliphatic heterocycles. The maximum Gasteiger partial charge on any atom is 0.269 e. The molecule has 2 aromatic carbocycles. The van der Waals surface area contributed by atoms with Crippen LogP contribution >= 0.6 is 0 Å². The van der Waals surface area contributed by atoms with Crippen molar-refractivity contribution >= 4 is 11.5 Å². The van der Waals surface area contributed by atoms with E-state index in [1.807, 2.05) is 24.3 Å². The normalized spacial score (nSPS) is 26.9. The first-order valence-electron chi connectivity index (χ1n) is 7.92. The Kier molecular flexibility index (Phi) is 2.97. The summed E-state index contributed by atoms with van der Waals surface area (Å²) in [4.78, 5) is 23.6. The summed E-state index contributed by atoms with van der Waals surface area (Å²) < 4.78 is 5.90. The molecule has 0 bridgehead atoms. The number of Topliss-reactive ketones (excluding diaryl/α,β-unsaturated/α-hetero) is 1. The summed E-state index contributed by atoms with van der Waals surface area (Å²) in [6.07, 6.45) is 0.154. The molecule has 1 fully saturated rings. The van der Waals surface area contributed by atoms with Crippen molar-refractivity contribution in [1.29, 1.82) is 0 Å². The molecule has 0 radical (unpaired) electrons. The van der Waals surface area contributed by atoms with E-state index in [0.29, 0.717) is 17.5 Å². The zero-order chi connectivity index (χ0) is 17.1. The van der Waals surface area contributed by atoms with Crippen LogP contribution in [0.25, 0.3) is 0 Å². The topological polar surface area (TPSA) is 72.7 Å². The third-order valence-corrected chi connectivity index (χ3v) is 5.07. The Morgan fingerprint density at radius 1 is 1.17 bits per heavy atom. The SMILES string of the molecule is CC1(C)C[C@@]2(O[C@H]2c2cccc([N+](=O)[O-])c2)C(=O)c2ccccc21. The number of nitro groups is 1. The van der Waals surface area contributed by atoms with Gasteiger partial charge in [0.2, 0.25) is 0 Å². The first-order chi connectivity index (χ1) is 11.3. The summed E-state index contributed by atoms with van der Waals surface area (Å²) in [6, 6.07) is 14.0. The third kappa shape index (κ3) is 2.01. The molecule has 1 saturated heterocycles. The number of ether oxygens (including phenoxy) is 1. The van der Waals surface area contributed by atoms with E-state index >= 15 is 0 Å². The molecular weight excluding hydrogens is 306 g/mol. The summed E-state index contributed by atoms with van der Waals surface area (Å²) in [5, 5.41) is 11.0. The Morgan fingerprint density at radius 2 is 1.92 bits per heavy atom. The van der Waals surface area contributed by atoms with Gasteiger partial charge in [-0.1, -0.05) is 50.2 Å². The Morgan fingerprint density at radius 3 is 2.67 bits per heavy atom. The van der Waals surface area contributed by atoms with Crippen LogP contribution in [0.3, 0.4) is 0 Å². The van der Waals surface area contributed by atoms with Gasteiger partial charge in [0.05, 0.1) is 4.92 Å². The van der Waals surface area contributed by atoms with E-state index in [4.69, 9.17) is 4.74 Å². The predicted octanol–water partition coefficient (Wildman–Crippen LogP) is 3.97. The molecule has 0 amide bonds. The van der Waals surface area contributed by atoms with Gasteiger partial charge < -0.3 is 4.74 Å². The first-order valence-corrected chi connectivity index (χ1v) is 7.92. The first kappa shape index (κ1) is 15.0. The number of epoxide rings is 1. The number of hydrogen-bond acceptors (Lipinski definition) is 4. The molecule has 0 saturated carbocycles. The van der Waals surface area contributed by atoms with E-state index in [1.54, 1.807) is 12.1 Å². The highest BCUT2D eigenvalue weighted by Crippen LogP contribution is 2.60. The van der Waals surface area contributed by atoms with Gasteiger partial charge in [-0.25, -0.2) is 0 Å². The molecule has 0 N–H and O–H groups in total. The predicted molar refractivity (Wildman–Crippen MR) is 88.1 cm³/mol. The molecule has 2 atom stereocenters. The lowest BCUT2D eigenvalue weighted by Gasteiger charge is -2.35. The number of nitrogens with zero attached hydrogens (tertiary/aromatic N) is 1. The van der Waals surface area contributed by atoms with Gasteiger partial charge in [-0.2, -0.15) is 0 Å². The second-order valence-corrected chi connectivity index (χ2v) is 7.17.